The van der Waals surface area contributed by atoms with Crippen LogP contribution in [-0.2, 0) is 0 Å². The Morgan fingerprint density at radius 1 is 1.47 bits per heavy atom. The summed E-state index contributed by atoms with van der Waals surface area (Å²) in [7, 11) is 4.22. The number of rotatable bonds is 3. The third-order valence-corrected chi connectivity index (χ3v) is 4.04. The summed E-state index contributed by atoms with van der Waals surface area (Å²) in [5, 5.41) is 8.28. The summed E-state index contributed by atoms with van der Waals surface area (Å²) in [6.45, 7) is 1.94. The van der Waals surface area contributed by atoms with Gasteiger partial charge < -0.3 is 15.5 Å². The Kier molecular flexibility index (Phi) is 4.32. The first-order valence-corrected chi connectivity index (χ1v) is 6.92. The number of nitrogens with zero attached hydrogens (tertiary/aromatic N) is 2. The fraction of sp³-hybridized carbons (Fsp3) is 0.500. The topological polar surface area (TPSA) is 56.4 Å². The highest BCUT2D eigenvalue weighted by Gasteiger charge is 2.24. The molecule has 1 fully saturated rings. The van der Waals surface area contributed by atoms with E-state index in [0.717, 1.165) is 25.2 Å². The van der Waals surface area contributed by atoms with Gasteiger partial charge in [-0.3, -0.25) is 5.41 Å². The lowest BCUT2D eigenvalue weighted by Gasteiger charge is -2.38. The molecule has 0 radical (unpaired) electrons. The Morgan fingerprint density at radius 2 is 2.21 bits per heavy atom. The summed E-state index contributed by atoms with van der Waals surface area (Å²) in [5.74, 6) is 0.0348. The Hall–Kier alpha value is -1.26. The van der Waals surface area contributed by atoms with Gasteiger partial charge in [-0.05, 0) is 39.1 Å². The van der Waals surface area contributed by atoms with Crippen molar-refractivity contribution in [3.8, 4) is 0 Å². The SMILES string of the molecule is CN(C)C1CCCN(c2cccc(Cl)c2C(=N)N)C1. The van der Waals surface area contributed by atoms with Crippen LogP contribution in [0.25, 0.3) is 0 Å². The number of piperidine rings is 1. The van der Waals surface area contributed by atoms with E-state index in [1.54, 1.807) is 6.07 Å². The monoisotopic (exact) mass is 280 g/mol. The number of hydrogen-bond acceptors (Lipinski definition) is 3. The zero-order valence-corrected chi connectivity index (χ0v) is 12.2. The molecular weight excluding hydrogens is 260 g/mol. The molecule has 1 aliphatic rings. The van der Waals surface area contributed by atoms with Gasteiger partial charge in [0.1, 0.15) is 5.84 Å². The van der Waals surface area contributed by atoms with Gasteiger partial charge in [0.25, 0.3) is 0 Å². The first kappa shape index (κ1) is 14.2. The van der Waals surface area contributed by atoms with E-state index in [-0.39, 0.29) is 5.84 Å². The number of nitrogens with two attached hydrogens (primary N) is 1. The quantitative estimate of drug-likeness (QED) is 0.659. The van der Waals surface area contributed by atoms with Crippen molar-refractivity contribution in [3.63, 3.8) is 0 Å². The van der Waals surface area contributed by atoms with Crippen LogP contribution >= 0.6 is 11.6 Å². The maximum atomic E-state index is 7.73. The van der Waals surface area contributed by atoms with E-state index >= 15 is 0 Å². The second-order valence-electron chi connectivity index (χ2n) is 5.25. The van der Waals surface area contributed by atoms with Gasteiger partial charge in [0, 0.05) is 24.8 Å². The zero-order valence-electron chi connectivity index (χ0n) is 11.5. The van der Waals surface area contributed by atoms with Crippen LogP contribution in [-0.4, -0.2) is 44.0 Å². The summed E-state index contributed by atoms with van der Waals surface area (Å²) in [5.41, 5.74) is 7.31. The number of nitrogen functional groups attached to an aromatic ring is 1. The van der Waals surface area contributed by atoms with Crippen LogP contribution in [0, 0.1) is 5.41 Å². The number of anilines is 1. The molecule has 0 amide bonds. The average Bonchev–Trinajstić information content (AvgIpc) is 2.38. The summed E-state index contributed by atoms with van der Waals surface area (Å²) >= 11 is 6.18. The van der Waals surface area contributed by atoms with Crippen molar-refractivity contribution in [2.24, 2.45) is 5.73 Å². The fourth-order valence-corrected chi connectivity index (χ4v) is 2.91. The molecular formula is C14H21ClN4. The van der Waals surface area contributed by atoms with E-state index in [0.29, 0.717) is 16.6 Å². The van der Waals surface area contributed by atoms with Crippen LogP contribution in [0.1, 0.15) is 18.4 Å². The number of hydrogen-bond donors (Lipinski definition) is 2. The van der Waals surface area contributed by atoms with Crippen molar-refractivity contribution in [2.45, 2.75) is 18.9 Å². The van der Waals surface area contributed by atoms with E-state index in [4.69, 9.17) is 22.7 Å². The molecule has 1 atom stereocenters. The van der Waals surface area contributed by atoms with E-state index < -0.39 is 0 Å². The molecule has 0 aromatic heterocycles. The maximum absolute atomic E-state index is 7.73. The third kappa shape index (κ3) is 3.01. The lowest BCUT2D eigenvalue weighted by Crippen LogP contribution is -2.45. The molecule has 1 saturated heterocycles. The van der Waals surface area contributed by atoms with Crippen LogP contribution in [0.15, 0.2) is 18.2 Å². The molecule has 1 unspecified atom stereocenters. The predicted octanol–water partition coefficient (Wildman–Crippen LogP) is 2.15. The van der Waals surface area contributed by atoms with Crippen molar-refractivity contribution in [1.82, 2.24) is 4.90 Å². The van der Waals surface area contributed by atoms with Gasteiger partial charge in [-0.25, -0.2) is 0 Å². The van der Waals surface area contributed by atoms with Crippen molar-refractivity contribution < 1.29 is 0 Å². The largest absolute Gasteiger partial charge is 0.384 e. The lowest BCUT2D eigenvalue weighted by atomic mass is 10.0. The fourth-order valence-electron chi connectivity index (χ4n) is 2.64. The normalized spacial score (nSPS) is 19.8. The standard InChI is InChI=1S/C14H21ClN4/c1-18(2)10-5-4-8-19(9-10)12-7-3-6-11(15)13(12)14(16)17/h3,6-7,10H,4-5,8-9H2,1-2H3,(H3,16,17). The highest BCUT2D eigenvalue weighted by atomic mass is 35.5. The molecule has 1 aromatic rings. The van der Waals surface area contributed by atoms with Gasteiger partial charge >= 0.3 is 0 Å². The van der Waals surface area contributed by atoms with Crippen molar-refractivity contribution in [3.05, 3.63) is 28.8 Å². The van der Waals surface area contributed by atoms with Gasteiger partial charge in [-0.1, -0.05) is 17.7 Å². The Morgan fingerprint density at radius 3 is 2.84 bits per heavy atom. The first-order chi connectivity index (χ1) is 9.00. The molecule has 5 heteroatoms. The van der Waals surface area contributed by atoms with Crippen LogP contribution in [0.3, 0.4) is 0 Å². The van der Waals surface area contributed by atoms with Gasteiger partial charge in [0.2, 0.25) is 0 Å². The zero-order chi connectivity index (χ0) is 14.0. The van der Waals surface area contributed by atoms with Crippen molar-refractivity contribution >= 4 is 23.1 Å². The van der Waals surface area contributed by atoms with Gasteiger partial charge in [-0.15, -0.1) is 0 Å². The Balaban J connectivity index is 2.31. The minimum atomic E-state index is 0.0348. The number of benzene rings is 1. The number of halogens is 1. The molecule has 104 valence electrons. The van der Waals surface area contributed by atoms with Crippen LogP contribution < -0.4 is 10.6 Å². The second kappa shape index (κ2) is 5.80. The van der Waals surface area contributed by atoms with E-state index in [1.807, 2.05) is 12.1 Å². The van der Waals surface area contributed by atoms with Gasteiger partial charge in [0.15, 0.2) is 0 Å². The smallest absolute Gasteiger partial charge is 0.126 e. The summed E-state index contributed by atoms with van der Waals surface area (Å²) in [4.78, 5) is 4.54. The molecule has 1 aliphatic heterocycles. The molecule has 0 spiro atoms. The van der Waals surface area contributed by atoms with E-state index in [1.165, 1.54) is 6.42 Å². The third-order valence-electron chi connectivity index (χ3n) is 3.73. The minimum Gasteiger partial charge on any atom is -0.384 e. The van der Waals surface area contributed by atoms with Crippen LogP contribution in [0.2, 0.25) is 5.02 Å². The number of amidine groups is 1. The minimum absolute atomic E-state index is 0.0348. The molecule has 19 heavy (non-hydrogen) atoms. The average molecular weight is 281 g/mol. The Bertz CT molecular complexity index is 473. The number of nitrogens with one attached hydrogen (secondary N) is 1. The Labute approximate surface area is 119 Å². The molecule has 4 nitrogen and oxygen atoms in total. The van der Waals surface area contributed by atoms with Crippen molar-refractivity contribution in [1.29, 1.82) is 5.41 Å². The molecule has 0 bridgehead atoms. The molecule has 1 aromatic carbocycles. The van der Waals surface area contributed by atoms with E-state index in [2.05, 4.69) is 23.9 Å². The predicted molar refractivity (Wildman–Crippen MR) is 81.4 cm³/mol. The first-order valence-electron chi connectivity index (χ1n) is 6.55. The summed E-state index contributed by atoms with van der Waals surface area (Å²) in [6.07, 6.45) is 2.35. The van der Waals surface area contributed by atoms with Crippen LogP contribution in [0.5, 0.6) is 0 Å². The maximum Gasteiger partial charge on any atom is 0.126 e. The molecule has 3 N–H and O–H groups in total. The number of likely N-dealkylation sites (N-methyl/N-ethyl adjacent to an activating group) is 1. The molecule has 1 heterocycles. The van der Waals surface area contributed by atoms with Gasteiger partial charge in [0.05, 0.1) is 10.6 Å². The van der Waals surface area contributed by atoms with E-state index in [9.17, 15) is 0 Å². The second-order valence-corrected chi connectivity index (χ2v) is 5.66. The summed E-state index contributed by atoms with van der Waals surface area (Å²) in [6, 6.07) is 6.24. The van der Waals surface area contributed by atoms with Crippen LogP contribution in [0.4, 0.5) is 5.69 Å². The molecule has 0 saturated carbocycles. The van der Waals surface area contributed by atoms with Gasteiger partial charge in [-0.2, -0.15) is 0 Å². The highest BCUT2D eigenvalue weighted by Crippen LogP contribution is 2.29. The highest BCUT2D eigenvalue weighted by molar-refractivity contribution is 6.34. The summed E-state index contributed by atoms with van der Waals surface area (Å²) < 4.78 is 0. The lowest BCUT2D eigenvalue weighted by molar-refractivity contribution is 0.258. The molecule has 0 aliphatic carbocycles. The molecule has 2 rings (SSSR count). The van der Waals surface area contributed by atoms with Crippen molar-refractivity contribution in [2.75, 3.05) is 32.1 Å².